The summed E-state index contributed by atoms with van der Waals surface area (Å²) >= 11 is 0. The Labute approximate surface area is 508 Å². The van der Waals surface area contributed by atoms with Gasteiger partial charge in [-0.25, -0.2) is 0 Å². The van der Waals surface area contributed by atoms with Gasteiger partial charge in [-0.15, -0.1) is 0 Å². The summed E-state index contributed by atoms with van der Waals surface area (Å²) in [5.74, 6) is -2.72. The van der Waals surface area contributed by atoms with E-state index in [1.54, 1.807) is 6.92 Å². The normalized spacial score (nSPS) is 53.7. The molecule has 0 aromatic carbocycles. The Morgan fingerprint density at radius 1 is 0.534 bits per heavy atom. The summed E-state index contributed by atoms with van der Waals surface area (Å²) in [5, 5.41) is 183. The van der Waals surface area contributed by atoms with Gasteiger partial charge in [0.15, 0.2) is 25.2 Å². The van der Waals surface area contributed by atoms with Crippen LogP contribution in [-0.4, -0.2) is 285 Å². The molecule has 4 saturated carbocycles. The number of aliphatic hydroxyl groups excluding tert-OH is 16. The minimum absolute atomic E-state index is 0.0508. The third-order valence-corrected chi connectivity index (χ3v) is 23.3. The molecular weight excluding hydrogens is 1170 g/mol. The topological polar surface area (TPSA) is 470 Å². The van der Waals surface area contributed by atoms with Gasteiger partial charge in [-0.1, -0.05) is 46.3 Å². The number of aliphatic hydroxyl groups is 16. The first-order valence-electron chi connectivity index (χ1n) is 30.9. The number of allylic oxidation sites excluding steroid dienone is 2. The Hall–Kier alpha value is -2.32. The highest BCUT2D eigenvalue weighted by molar-refractivity contribution is 5.79. The molecule has 504 valence electrons. The molecule has 17 N–H and O–H groups in total. The molecule has 5 heterocycles. The predicted molar refractivity (Wildman–Crippen MR) is 291 cm³/mol. The maximum Gasteiger partial charge on any atom is 0.315 e. The van der Waals surface area contributed by atoms with E-state index in [4.69, 9.17) is 47.4 Å². The van der Waals surface area contributed by atoms with Crippen molar-refractivity contribution in [2.75, 3.05) is 33.0 Å². The molecule has 5 aliphatic carbocycles. The van der Waals surface area contributed by atoms with Gasteiger partial charge in [0.25, 0.3) is 0 Å². The van der Waals surface area contributed by atoms with Crippen molar-refractivity contribution < 1.29 is 144 Å². The highest BCUT2D eigenvalue weighted by Gasteiger charge is 2.72. The van der Waals surface area contributed by atoms with Crippen molar-refractivity contribution in [2.24, 2.45) is 50.2 Å². The Balaban J connectivity index is 0.931. The van der Waals surface area contributed by atoms with E-state index >= 15 is 4.79 Å². The lowest BCUT2D eigenvalue weighted by Gasteiger charge is -2.71. The standard InChI is InChI=1S/C59H94O29/c1-54(2)13-15-59(16-14-56(4)23(24(59)17-54)7-8-30-55(3)11-10-32(85-47-41(72)33(64)25(63)21-79-47)58(6,52(76)77)31(55)9-12-57(30,56)5)53(78)88-50-44(75)45(86-48-42(73)38(69)34(65)26(18-60)81-48)37(68)29(84-50)22-80-51-46(40(71)36(67)28(20-62)83-51)87-49-43(74)39(70)35(66)27(19-61)82-49/h7,24-51,60-75H,8-22H2,1-6H3,(H,76,77)/t24-,25-,26+,27+,28+,29+,30+,31+,32-,33-,34+,35+,36+,37+,38-,39-,40-,41+,42+,43+,44+,45-,46+,47-,48-,49-,50-,51+,55+,56+,57+,58-,59-/m0/s1. The van der Waals surface area contributed by atoms with Gasteiger partial charge in [0.2, 0.25) is 6.29 Å². The lowest BCUT2D eigenvalue weighted by molar-refractivity contribution is -0.377. The monoisotopic (exact) mass is 1270 g/mol. The first-order valence-corrected chi connectivity index (χ1v) is 30.9. The van der Waals surface area contributed by atoms with E-state index in [2.05, 4.69) is 40.7 Å². The highest BCUT2D eigenvalue weighted by Crippen LogP contribution is 2.76. The van der Waals surface area contributed by atoms with E-state index in [0.29, 0.717) is 64.2 Å². The summed E-state index contributed by atoms with van der Waals surface area (Å²) in [7, 11) is 0. The van der Waals surface area contributed by atoms with Crippen LogP contribution < -0.4 is 0 Å². The van der Waals surface area contributed by atoms with Crippen LogP contribution in [0.3, 0.4) is 0 Å². The van der Waals surface area contributed by atoms with E-state index in [9.17, 15) is 91.6 Å². The lowest BCUT2D eigenvalue weighted by atomic mass is 9.33. The molecule has 0 spiro atoms. The largest absolute Gasteiger partial charge is 0.481 e. The first-order chi connectivity index (χ1) is 41.3. The summed E-state index contributed by atoms with van der Waals surface area (Å²) in [6.07, 6.45) is -37.3. The van der Waals surface area contributed by atoms with Crippen molar-refractivity contribution in [3.63, 3.8) is 0 Å². The van der Waals surface area contributed by atoms with E-state index in [-0.39, 0.29) is 17.9 Å². The number of carboxylic acids is 1. The Morgan fingerprint density at radius 2 is 1.08 bits per heavy atom. The number of esters is 1. The predicted octanol–water partition coefficient (Wildman–Crippen LogP) is -4.51. The number of rotatable bonds is 15. The van der Waals surface area contributed by atoms with Gasteiger partial charge in [0, 0.05) is 0 Å². The molecule has 0 unspecified atom stereocenters. The zero-order chi connectivity index (χ0) is 64.3. The van der Waals surface area contributed by atoms with E-state index in [1.165, 1.54) is 0 Å². The summed E-state index contributed by atoms with van der Waals surface area (Å²) in [6.45, 7) is 8.83. The number of carboxylic acid groups (broad SMARTS) is 1. The Morgan fingerprint density at radius 3 is 1.67 bits per heavy atom. The molecule has 0 radical (unpaired) electrons. The van der Waals surface area contributed by atoms with Gasteiger partial charge in [-0.3, -0.25) is 9.59 Å². The van der Waals surface area contributed by atoms with Crippen molar-refractivity contribution in [3.05, 3.63) is 11.6 Å². The molecule has 5 saturated heterocycles. The fourth-order valence-corrected chi connectivity index (χ4v) is 17.5. The summed E-state index contributed by atoms with van der Waals surface area (Å²) in [6, 6.07) is 0. The average Bonchev–Trinajstić information content (AvgIpc) is 0.694. The minimum atomic E-state index is -2.11. The van der Waals surface area contributed by atoms with E-state index in [0.717, 1.165) is 5.57 Å². The van der Waals surface area contributed by atoms with Crippen LogP contribution in [0.1, 0.15) is 106 Å². The number of ether oxygens (including phenoxy) is 10. The van der Waals surface area contributed by atoms with E-state index < -0.39 is 231 Å². The van der Waals surface area contributed by atoms with Crippen LogP contribution in [0.15, 0.2) is 11.6 Å². The van der Waals surface area contributed by atoms with E-state index in [1.807, 2.05) is 0 Å². The molecule has 33 atom stereocenters. The van der Waals surface area contributed by atoms with Gasteiger partial charge in [-0.05, 0) is 111 Å². The van der Waals surface area contributed by atoms with Crippen molar-refractivity contribution in [1.29, 1.82) is 0 Å². The van der Waals surface area contributed by atoms with Gasteiger partial charge in [-0.2, -0.15) is 0 Å². The summed E-state index contributed by atoms with van der Waals surface area (Å²) in [4.78, 5) is 29.4. The molecule has 10 aliphatic rings. The third kappa shape index (κ3) is 11.3. The summed E-state index contributed by atoms with van der Waals surface area (Å²) in [5.41, 5.74) is -3.46. The molecule has 0 aromatic rings. The van der Waals surface area contributed by atoms with Crippen molar-refractivity contribution in [2.45, 2.75) is 259 Å². The molecule has 29 heteroatoms. The van der Waals surface area contributed by atoms with Crippen LogP contribution in [0.4, 0.5) is 0 Å². The summed E-state index contributed by atoms with van der Waals surface area (Å²) < 4.78 is 59.3. The van der Waals surface area contributed by atoms with Crippen molar-refractivity contribution in [3.8, 4) is 0 Å². The van der Waals surface area contributed by atoms with Crippen LogP contribution in [0.5, 0.6) is 0 Å². The second kappa shape index (κ2) is 25.4. The Bertz CT molecular complexity index is 2490. The molecule has 9 fully saturated rings. The van der Waals surface area contributed by atoms with Gasteiger partial charge in [0.05, 0.1) is 50.0 Å². The third-order valence-electron chi connectivity index (χ3n) is 23.3. The maximum atomic E-state index is 15.7. The molecule has 0 amide bonds. The number of aliphatic carboxylic acids is 1. The maximum absolute atomic E-state index is 15.7. The van der Waals surface area contributed by atoms with Crippen molar-refractivity contribution in [1.82, 2.24) is 0 Å². The fourth-order valence-electron chi connectivity index (χ4n) is 17.5. The number of hydrogen-bond acceptors (Lipinski definition) is 28. The SMILES string of the molecule is CC1(C)CC[C@]2(C(=O)O[C@@H]3O[C@H](CO[C@@H]4O[C@H](CO)[C@@H](O)[C@H](O)[C@H]4O[C@@H]4O[C@H](CO)[C@@H](O)[C@H](O)[C@H]4O)[C@@H](O)[C@H](O[C@@H]4O[C@H](CO)[C@@H](O)[C@H](O)[C@H]4O)[C@H]3O)CC[C@]3(C)C(=CC[C@@H]4[C@@]5(C)CC[C@H](O[C@@H]6OC[C@H](O)[C@H](O)[C@H]6O)[C@@](C)(C(=O)O)[C@@H]5CC[C@]43C)[C@@H]2C1. The smallest absolute Gasteiger partial charge is 0.315 e. The Kier molecular flexibility index (Phi) is 19.8. The van der Waals surface area contributed by atoms with Crippen molar-refractivity contribution >= 4 is 11.9 Å². The lowest BCUT2D eigenvalue weighted by Crippen LogP contribution is -2.67. The zero-order valence-electron chi connectivity index (χ0n) is 50.4. The van der Waals surface area contributed by atoms with Gasteiger partial charge < -0.3 is 134 Å². The number of fused-ring (bicyclic) bond motifs is 7. The zero-order valence-corrected chi connectivity index (χ0v) is 50.4. The van der Waals surface area contributed by atoms with Gasteiger partial charge >= 0.3 is 11.9 Å². The molecular formula is C59H94O29. The highest BCUT2D eigenvalue weighted by atomic mass is 16.8. The van der Waals surface area contributed by atoms with Crippen LogP contribution in [-0.2, 0) is 57.0 Å². The minimum Gasteiger partial charge on any atom is -0.481 e. The van der Waals surface area contributed by atoms with Crippen LogP contribution in [0, 0.1) is 50.2 Å². The second-order valence-corrected chi connectivity index (χ2v) is 28.4. The molecule has 10 rings (SSSR count). The van der Waals surface area contributed by atoms with Crippen LogP contribution in [0.2, 0.25) is 0 Å². The number of carbonyl (C=O) groups excluding carboxylic acids is 1. The second-order valence-electron chi connectivity index (χ2n) is 28.4. The molecule has 0 aromatic heterocycles. The molecule has 0 bridgehead atoms. The van der Waals surface area contributed by atoms with Crippen LogP contribution in [0.25, 0.3) is 0 Å². The average molecular weight is 1270 g/mol. The number of carbonyl (C=O) groups is 2. The molecule has 29 nitrogen and oxygen atoms in total. The van der Waals surface area contributed by atoms with Crippen LogP contribution >= 0.6 is 0 Å². The van der Waals surface area contributed by atoms with Gasteiger partial charge in [0.1, 0.15) is 116 Å². The first kappa shape index (κ1) is 68.5. The number of hydrogen-bond donors (Lipinski definition) is 17. The molecule has 5 aliphatic heterocycles. The molecule has 88 heavy (non-hydrogen) atoms. The quantitative estimate of drug-likeness (QED) is 0.0417. The fraction of sp³-hybridized carbons (Fsp3) is 0.932.